The number of carbonyl (C=O) groups is 2. The van der Waals surface area contributed by atoms with Crippen molar-refractivity contribution < 1.29 is 9.59 Å². The molecule has 2 amide bonds. The van der Waals surface area contributed by atoms with Gasteiger partial charge < -0.3 is 16.4 Å². The molecule has 142 valence electrons. The average Bonchev–Trinajstić information content (AvgIpc) is 2.81. The van der Waals surface area contributed by atoms with Gasteiger partial charge in [0, 0.05) is 28.3 Å². The zero-order valence-electron chi connectivity index (χ0n) is 14.8. The summed E-state index contributed by atoms with van der Waals surface area (Å²) in [6.45, 7) is 0. The number of rotatable bonds is 2. The Morgan fingerprint density at radius 1 is 1.19 bits per heavy atom. The largest absolute Gasteiger partial charge is 0.399 e. The molecular weight excluding hydrogens is 382 g/mol. The van der Waals surface area contributed by atoms with Crippen molar-refractivity contribution in [1.29, 1.82) is 0 Å². The van der Waals surface area contributed by atoms with Crippen molar-refractivity contribution in [3.8, 4) is 0 Å². The van der Waals surface area contributed by atoms with Crippen molar-refractivity contribution in [2.24, 2.45) is 0 Å². The van der Waals surface area contributed by atoms with Crippen LogP contribution in [0.3, 0.4) is 0 Å². The van der Waals surface area contributed by atoms with E-state index in [1.54, 1.807) is 17.8 Å². The number of carbonyl (C=O) groups excluding carboxylic acids is 2. The molecule has 1 aliphatic heterocycles. The smallest absolute Gasteiger partial charge is 0.251 e. The summed E-state index contributed by atoms with van der Waals surface area (Å²) in [7, 11) is 0. The topological polar surface area (TPSA) is 84.2 Å². The molecule has 1 unspecified atom stereocenters. The van der Waals surface area contributed by atoms with Gasteiger partial charge in [-0.05, 0) is 60.7 Å². The van der Waals surface area contributed by atoms with Crippen molar-refractivity contribution in [3.05, 3.63) is 53.1 Å². The van der Waals surface area contributed by atoms with Crippen LogP contribution in [0, 0.1) is 0 Å². The molecule has 2 aliphatic rings. The fraction of sp³-hybridized carbons (Fsp3) is 0.300. The number of nitrogen functional groups attached to an aromatic ring is 1. The summed E-state index contributed by atoms with van der Waals surface area (Å²) in [5.74, 6) is 0.630. The van der Waals surface area contributed by atoms with Gasteiger partial charge >= 0.3 is 0 Å². The normalized spacial score (nSPS) is 18.2. The average molecular weight is 404 g/mol. The maximum absolute atomic E-state index is 12.8. The third-order valence-electron chi connectivity index (χ3n) is 4.89. The number of nitrogens with one attached hydrogen (secondary N) is 2. The molecule has 7 heteroatoms. The van der Waals surface area contributed by atoms with Gasteiger partial charge in [0.15, 0.2) is 0 Å². The number of thioether (sulfide) groups is 1. The zero-order chi connectivity index (χ0) is 18.1. The van der Waals surface area contributed by atoms with E-state index >= 15 is 0 Å². The minimum absolute atomic E-state index is 0. The van der Waals surface area contributed by atoms with E-state index in [0.717, 1.165) is 46.8 Å². The number of amides is 2. The summed E-state index contributed by atoms with van der Waals surface area (Å²) in [6, 6.07) is 11.4. The van der Waals surface area contributed by atoms with Gasteiger partial charge in [-0.3, -0.25) is 9.59 Å². The maximum Gasteiger partial charge on any atom is 0.251 e. The fourth-order valence-electron chi connectivity index (χ4n) is 3.59. The molecule has 4 N–H and O–H groups in total. The van der Waals surface area contributed by atoms with E-state index in [2.05, 4.69) is 10.6 Å². The van der Waals surface area contributed by atoms with Crippen LogP contribution in [0.5, 0.6) is 0 Å². The Labute approximate surface area is 168 Å². The highest BCUT2D eigenvalue weighted by Crippen LogP contribution is 2.33. The van der Waals surface area contributed by atoms with Crippen LogP contribution in [0.25, 0.3) is 0 Å². The number of hydrogen-bond acceptors (Lipinski definition) is 4. The molecule has 0 fully saturated rings. The van der Waals surface area contributed by atoms with Crippen LogP contribution in [0.1, 0.15) is 46.8 Å². The maximum atomic E-state index is 12.8. The van der Waals surface area contributed by atoms with Gasteiger partial charge in [-0.15, -0.1) is 24.2 Å². The lowest BCUT2D eigenvalue weighted by molar-refractivity contribution is -0.115. The van der Waals surface area contributed by atoms with E-state index in [4.69, 9.17) is 5.73 Å². The van der Waals surface area contributed by atoms with Crippen LogP contribution in [-0.2, 0) is 11.2 Å². The predicted octanol–water partition coefficient (Wildman–Crippen LogP) is 3.93. The Morgan fingerprint density at radius 2 is 2.04 bits per heavy atom. The number of halogens is 1. The van der Waals surface area contributed by atoms with Crippen LogP contribution < -0.4 is 16.4 Å². The molecular formula is C20H22ClN3O2S. The predicted molar refractivity (Wildman–Crippen MR) is 112 cm³/mol. The van der Waals surface area contributed by atoms with Crippen LogP contribution >= 0.6 is 24.2 Å². The standard InChI is InChI=1S/C20H21N3O2S.ClH/c21-14-5-6-15-12(10-14)2-1-3-16(15)23-20(25)13-4-7-18-17(11-13)22-19(24)8-9-26-18;/h4-7,10-11,16H,1-3,8-9,21H2,(H,22,24)(H,23,25);1H. The molecule has 0 bridgehead atoms. The SMILES string of the molecule is Cl.Nc1ccc2c(c1)CCCC2NC(=O)c1ccc2c(c1)NC(=O)CCS2. The quantitative estimate of drug-likeness (QED) is 0.663. The highest BCUT2D eigenvalue weighted by atomic mass is 35.5. The van der Waals surface area contributed by atoms with E-state index in [0.29, 0.717) is 12.0 Å². The molecule has 0 radical (unpaired) electrons. The summed E-state index contributed by atoms with van der Waals surface area (Å²) >= 11 is 1.63. The first kappa shape index (κ1) is 19.6. The van der Waals surface area contributed by atoms with Crippen molar-refractivity contribution in [2.75, 3.05) is 16.8 Å². The lowest BCUT2D eigenvalue weighted by Crippen LogP contribution is -2.31. The van der Waals surface area contributed by atoms with Crippen LogP contribution in [-0.4, -0.2) is 17.6 Å². The van der Waals surface area contributed by atoms with Crippen LogP contribution in [0.15, 0.2) is 41.3 Å². The number of anilines is 2. The Kier molecular flexibility index (Phi) is 5.97. The Morgan fingerprint density at radius 3 is 2.89 bits per heavy atom. The third-order valence-corrected chi connectivity index (χ3v) is 5.96. The minimum atomic E-state index is -0.119. The van der Waals surface area contributed by atoms with E-state index < -0.39 is 0 Å². The number of aryl methyl sites for hydroxylation is 1. The minimum Gasteiger partial charge on any atom is -0.399 e. The third kappa shape index (κ3) is 4.22. The Balaban J connectivity index is 0.00000210. The van der Waals surface area contributed by atoms with E-state index in [-0.39, 0.29) is 30.3 Å². The lowest BCUT2D eigenvalue weighted by atomic mass is 9.87. The lowest BCUT2D eigenvalue weighted by Gasteiger charge is -2.27. The summed E-state index contributed by atoms with van der Waals surface area (Å²) < 4.78 is 0. The monoisotopic (exact) mass is 403 g/mol. The summed E-state index contributed by atoms with van der Waals surface area (Å²) in [6.07, 6.45) is 3.43. The number of fused-ring (bicyclic) bond motifs is 2. The van der Waals surface area contributed by atoms with Gasteiger partial charge in [0.2, 0.25) is 5.91 Å². The van der Waals surface area contributed by atoms with Crippen LogP contribution in [0.4, 0.5) is 11.4 Å². The summed E-state index contributed by atoms with van der Waals surface area (Å²) in [5.41, 5.74) is 10.3. The highest BCUT2D eigenvalue weighted by molar-refractivity contribution is 7.99. The molecule has 2 aromatic rings. The van der Waals surface area contributed by atoms with Gasteiger partial charge in [-0.2, -0.15) is 0 Å². The molecule has 4 rings (SSSR count). The zero-order valence-corrected chi connectivity index (χ0v) is 16.4. The van der Waals surface area contributed by atoms with Gasteiger partial charge in [0.05, 0.1) is 11.7 Å². The molecule has 0 aromatic heterocycles. The number of benzene rings is 2. The van der Waals surface area contributed by atoms with Crippen molar-refractivity contribution in [1.82, 2.24) is 5.32 Å². The van der Waals surface area contributed by atoms with Gasteiger partial charge in [0.25, 0.3) is 5.91 Å². The summed E-state index contributed by atoms with van der Waals surface area (Å²) in [4.78, 5) is 25.6. The molecule has 0 saturated carbocycles. The van der Waals surface area contributed by atoms with E-state index in [1.807, 2.05) is 30.3 Å². The van der Waals surface area contributed by atoms with Gasteiger partial charge in [-0.25, -0.2) is 0 Å². The first-order chi connectivity index (χ1) is 12.6. The van der Waals surface area contributed by atoms with Crippen LogP contribution in [0.2, 0.25) is 0 Å². The number of nitrogens with two attached hydrogens (primary N) is 1. The molecule has 1 aliphatic carbocycles. The van der Waals surface area contributed by atoms with E-state index in [9.17, 15) is 9.59 Å². The van der Waals surface area contributed by atoms with Crippen molar-refractivity contribution >= 4 is 47.4 Å². The van der Waals surface area contributed by atoms with E-state index in [1.165, 1.54) is 5.56 Å². The molecule has 1 atom stereocenters. The fourth-order valence-corrected chi connectivity index (χ4v) is 4.52. The van der Waals surface area contributed by atoms with Gasteiger partial charge in [0.1, 0.15) is 0 Å². The number of hydrogen-bond donors (Lipinski definition) is 3. The molecule has 0 spiro atoms. The van der Waals surface area contributed by atoms with Crippen molar-refractivity contribution in [3.63, 3.8) is 0 Å². The Hall–Kier alpha value is -2.18. The molecule has 5 nitrogen and oxygen atoms in total. The second-order valence-electron chi connectivity index (χ2n) is 6.73. The second kappa shape index (κ2) is 8.23. The Bertz CT molecular complexity index is 888. The van der Waals surface area contributed by atoms with Crippen molar-refractivity contribution in [2.45, 2.75) is 36.6 Å². The second-order valence-corrected chi connectivity index (χ2v) is 7.87. The highest BCUT2D eigenvalue weighted by Gasteiger charge is 2.23. The molecule has 27 heavy (non-hydrogen) atoms. The molecule has 2 aromatic carbocycles. The molecule has 1 heterocycles. The summed E-state index contributed by atoms with van der Waals surface area (Å²) in [5, 5.41) is 6.03. The van der Waals surface area contributed by atoms with Gasteiger partial charge in [-0.1, -0.05) is 6.07 Å². The molecule has 0 saturated heterocycles. The first-order valence-corrected chi connectivity index (χ1v) is 9.84. The first-order valence-electron chi connectivity index (χ1n) is 8.86.